The van der Waals surface area contributed by atoms with Crippen LogP contribution >= 0.6 is 11.6 Å². The molecule has 0 N–H and O–H groups in total. The van der Waals surface area contributed by atoms with Gasteiger partial charge in [-0.3, -0.25) is 9.36 Å². The minimum Gasteiger partial charge on any atom is -0.330 e. The van der Waals surface area contributed by atoms with Crippen LogP contribution in [0.1, 0.15) is 11.1 Å². The summed E-state index contributed by atoms with van der Waals surface area (Å²) in [7, 11) is 0. The van der Waals surface area contributed by atoms with Gasteiger partial charge in [0.2, 0.25) is 0 Å². The zero-order valence-electron chi connectivity index (χ0n) is 16.6. The minimum atomic E-state index is -0.388. The molecule has 0 spiro atoms. The highest BCUT2D eigenvalue weighted by atomic mass is 35.5. The lowest BCUT2D eigenvalue weighted by Gasteiger charge is -2.10. The van der Waals surface area contributed by atoms with Crippen molar-refractivity contribution in [2.45, 2.75) is 19.5 Å². The molecule has 0 aliphatic carbocycles. The average Bonchev–Trinajstić information content (AvgIpc) is 3.10. The van der Waals surface area contributed by atoms with E-state index in [2.05, 4.69) is 4.98 Å². The van der Waals surface area contributed by atoms with E-state index < -0.39 is 0 Å². The third kappa shape index (κ3) is 3.62. The van der Waals surface area contributed by atoms with E-state index in [1.165, 1.54) is 12.1 Å². The fraction of sp³-hybridized carbons (Fsp3) is 0.120. The molecule has 6 heteroatoms. The number of benzene rings is 3. The fourth-order valence-electron chi connectivity index (χ4n) is 3.99. The summed E-state index contributed by atoms with van der Waals surface area (Å²) in [5.74, 6) is -0.388. The molecule has 0 radical (unpaired) electrons. The van der Waals surface area contributed by atoms with Gasteiger partial charge in [-0.15, -0.1) is 0 Å². The van der Waals surface area contributed by atoms with Gasteiger partial charge in [0.15, 0.2) is 0 Å². The molecule has 5 rings (SSSR count). The van der Waals surface area contributed by atoms with E-state index in [1.54, 1.807) is 17.0 Å². The molecule has 31 heavy (non-hydrogen) atoms. The molecule has 0 saturated carbocycles. The molecule has 0 aliphatic heterocycles. The van der Waals surface area contributed by atoms with Crippen LogP contribution in [0.5, 0.6) is 0 Å². The third-order valence-electron chi connectivity index (χ3n) is 5.56. The predicted octanol–water partition coefficient (Wildman–Crippen LogP) is 5.43. The molecule has 0 aliphatic rings. The summed E-state index contributed by atoms with van der Waals surface area (Å²) in [5, 5.41) is 1.24. The van der Waals surface area contributed by atoms with E-state index in [1.807, 2.05) is 59.2 Å². The number of hydrogen-bond donors (Lipinski definition) is 0. The number of aromatic nitrogens is 3. The highest BCUT2D eigenvalue weighted by Gasteiger charge is 2.17. The second-order valence-electron chi connectivity index (χ2n) is 7.51. The lowest BCUT2D eigenvalue weighted by molar-refractivity contribution is 0.626. The van der Waals surface area contributed by atoms with Crippen LogP contribution in [0.3, 0.4) is 0 Å². The number of rotatable bonds is 5. The minimum absolute atomic E-state index is 0.102. The molecule has 0 fully saturated rings. The number of halogens is 2. The Morgan fingerprint density at radius 2 is 1.74 bits per heavy atom. The van der Waals surface area contributed by atoms with Crippen molar-refractivity contribution >= 4 is 33.5 Å². The number of para-hydroxylation sites is 1. The van der Waals surface area contributed by atoms with Gasteiger partial charge in [-0.05, 0) is 35.7 Å². The van der Waals surface area contributed by atoms with E-state index in [0.29, 0.717) is 29.1 Å². The topological polar surface area (TPSA) is 39.8 Å². The number of nitrogens with zero attached hydrogens (tertiary/aromatic N) is 3. The van der Waals surface area contributed by atoms with Crippen molar-refractivity contribution in [2.24, 2.45) is 0 Å². The van der Waals surface area contributed by atoms with Crippen LogP contribution in [-0.2, 0) is 19.5 Å². The Morgan fingerprint density at radius 1 is 0.968 bits per heavy atom. The molecule has 5 aromatic rings. The summed E-state index contributed by atoms with van der Waals surface area (Å²) in [6, 6.07) is 22.2. The van der Waals surface area contributed by atoms with E-state index in [0.717, 1.165) is 28.5 Å². The second-order valence-corrected chi connectivity index (χ2v) is 7.92. The predicted molar refractivity (Wildman–Crippen MR) is 122 cm³/mol. The highest BCUT2D eigenvalue weighted by molar-refractivity contribution is 6.31. The van der Waals surface area contributed by atoms with E-state index >= 15 is 0 Å². The molecule has 154 valence electrons. The Balaban J connectivity index is 1.64. The molecular formula is C25H19ClFN3O. The van der Waals surface area contributed by atoms with Crippen LogP contribution < -0.4 is 5.56 Å². The van der Waals surface area contributed by atoms with Crippen LogP contribution in [-0.4, -0.2) is 14.1 Å². The fourth-order valence-corrected chi connectivity index (χ4v) is 4.21. The lowest BCUT2D eigenvalue weighted by atomic mass is 10.1. The van der Waals surface area contributed by atoms with Crippen LogP contribution in [0.15, 0.2) is 83.9 Å². The first kappa shape index (κ1) is 19.5. The summed E-state index contributed by atoms with van der Waals surface area (Å²) in [4.78, 5) is 18.1. The third-order valence-corrected chi connectivity index (χ3v) is 5.91. The van der Waals surface area contributed by atoms with E-state index in [-0.39, 0.29) is 11.4 Å². The van der Waals surface area contributed by atoms with E-state index in [9.17, 15) is 9.18 Å². The smallest absolute Gasteiger partial charge is 0.277 e. The summed E-state index contributed by atoms with van der Waals surface area (Å²) in [5.41, 5.74) is 3.88. The summed E-state index contributed by atoms with van der Waals surface area (Å²) in [6.45, 7) is 0.882. The Bertz CT molecular complexity index is 1460. The van der Waals surface area contributed by atoms with Gasteiger partial charge < -0.3 is 4.57 Å². The first-order chi connectivity index (χ1) is 15.1. The van der Waals surface area contributed by atoms with Crippen molar-refractivity contribution in [2.75, 3.05) is 0 Å². The zero-order chi connectivity index (χ0) is 21.4. The van der Waals surface area contributed by atoms with Crippen LogP contribution in [0.25, 0.3) is 21.9 Å². The SMILES string of the molecule is O=c1c2c(ncn1CCc1ccccc1)c1ccccc1n2Cc1ccc(F)cc1Cl. The maximum absolute atomic E-state index is 13.5. The van der Waals surface area contributed by atoms with Crippen molar-refractivity contribution in [3.63, 3.8) is 0 Å². The second kappa shape index (κ2) is 8.00. The molecule has 4 nitrogen and oxygen atoms in total. The Labute approximate surface area is 183 Å². The van der Waals surface area contributed by atoms with Crippen LogP contribution in [0.2, 0.25) is 5.02 Å². The molecule has 3 aromatic carbocycles. The molecular weight excluding hydrogens is 413 g/mol. The largest absolute Gasteiger partial charge is 0.330 e. The van der Waals surface area contributed by atoms with Crippen molar-refractivity contribution in [1.82, 2.24) is 14.1 Å². The zero-order valence-corrected chi connectivity index (χ0v) is 17.4. The van der Waals surface area contributed by atoms with Gasteiger partial charge >= 0.3 is 0 Å². The van der Waals surface area contributed by atoms with Crippen molar-refractivity contribution < 1.29 is 4.39 Å². The van der Waals surface area contributed by atoms with Gasteiger partial charge in [0, 0.05) is 23.5 Å². The molecule has 0 unspecified atom stereocenters. The van der Waals surface area contributed by atoms with Crippen LogP contribution in [0.4, 0.5) is 4.39 Å². The van der Waals surface area contributed by atoms with Gasteiger partial charge in [0.25, 0.3) is 5.56 Å². The maximum Gasteiger partial charge on any atom is 0.277 e. The first-order valence-electron chi connectivity index (χ1n) is 10.1. The summed E-state index contributed by atoms with van der Waals surface area (Å²) < 4.78 is 17.1. The maximum atomic E-state index is 13.5. The quantitative estimate of drug-likeness (QED) is 0.372. The number of aryl methyl sites for hydroxylation is 2. The van der Waals surface area contributed by atoms with Crippen LogP contribution in [0, 0.1) is 5.82 Å². The number of hydrogen-bond acceptors (Lipinski definition) is 2. The number of fused-ring (bicyclic) bond motifs is 3. The van der Waals surface area contributed by atoms with Crippen molar-refractivity contribution in [1.29, 1.82) is 0 Å². The standard InChI is InChI=1S/C25H19ClFN3O/c26-21-14-19(27)11-10-18(21)15-30-22-9-5-4-8-20(22)23-24(30)25(31)29(16-28-23)13-12-17-6-2-1-3-7-17/h1-11,14,16H,12-13,15H2. The van der Waals surface area contributed by atoms with Crippen molar-refractivity contribution in [3.05, 3.63) is 111 Å². The first-order valence-corrected chi connectivity index (χ1v) is 10.4. The Morgan fingerprint density at radius 3 is 2.55 bits per heavy atom. The van der Waals surface area contributed by atoms with E-state index in [4.69, 9.17) is 11.6 Å². The van der Waals surface area contributed by atoms with Gasteiger partial charge in [-0.25, -0.2) is 9.37 Å². The molecule has 2 heterocycles. The summed E-state index contributed by atoms with van der Waals surface area (Å²) in [6.07, 6.45) is 2.35. The Kier molecular flexibility index (Phi) is 5.04. The van der Waals surface area contributed by atoms with Gasteiger partial charge in [-0.1, -0.05) is 66.2 Å². The van der Waals surface area contributed by atoms with Gasteiger partial charge in [-0.2, -0.15) is 0 Å². The van der Waals surface area contributed by atoms with Gasteiger partial charge in [0.1, 0.15) is 16.9 Å². The molecule has 0 amide bonds. The molecule has 0 saturated heterocycles. The Hall–Kier alpha value is -3.44. The normalized spacial score (nSPS) is 11.4. The molecule has 0 bridgehead atoms. The summed E-state index contributed by atoms with van der Waals surface area (Å²) >= 11 is 6.29. The van der Waals surface area contributed by atoms with Gasteiger partial charge in [0.05, 0.1) is 11.8 Å². The average molecular weight is 432 g/mol. The molecule has 2 aromatic heterocycles. The monoisotopic (exact) mass is 431 g/mol. The lowest BCUT2D eigenvalue weighted by Crippen LogP contribution is -2.23. The highest BCUT2D eigenvalue weighted by Crippen LogP contribution is 2.28. The molecule has 0 atom stereocenters. The van der Waals surface area contributed by atoms with Crippen molar-refractivity contribution in [3.8, 4) is 0 Å².